The average molecular weight is 578 g/mol. The van der Waals surface area contributed by atoms with Gasteiger partial charge < -0.3 is 9.72 Å². The van der Waals surface area contributed by atoms with Crippen LogP contribution in [0.4, 0.5) is 0 Å². The molecule has 0 radical (unpaired) electrons. The van der Waals surface area contributed by atoms with Crippen molar-refractivity contribution in [2.24, 2.45) is 0 Å². The number of fused-ring (bicyclic) bond motifs is 1. The molecule has 4 nitrogen and oxygen atoms in total. The van der Waals surface area contributed by atoms with Gasteiger partial charge in [-0.3, -0.25) is 0 Å². The lowest BCUT2D eigenvalue weighted by Gasteiger charge is -2.13. The summed E-state index contributed by atoms with van der Waals surface area (Å²) in [4.78, 5) is 7.72. The van der Waals surface area contributed by atoms with Crippen molar-refractivity contribution in [3.8, 4) is 11.8 Å². The van der Waals surface area contributed by atoms with E-state index in [1.165, 1.54) is 0 Å². The van der Waals surface area contributed by atoms with Crippen molar-refractivity contribution in [3.63, 3.8) is 0 Å². The number of aromatic nitrogens is 2. The Labute approximate surface area is 205 Å². The van der Waals surface area contributed by atoms with Crippen molar-refractivity contribution in [1.29, 1.82) is 5.26 Å². The second-order valence-electron chi connectivity index (χ2n) is 6.60. The standard InChI is InChI=1S/C23H13Br2Cl2N3O/c24-16-8-14(7-15(11-28)23-29-20-3-1-2-4-21(20)30-23)22(18(25)9-16)31-12-13-5-6-17(26)10-19(13)27/h1-10H,12H2,(H,29,30)/b15-7-. The lowest BCUT2D eigenvalue weighted by atomic mass is 10.1. The number of hydrogen-bond donors (Lipinski definition) is 1. The summed E-state index contributed by atoms with van der Waals surface area (Å²) in [5, 5.41) is 10.9. The zero-order valence-corrected chi connectivity index (χ0v) is 20.5. The highest BCUT2D eigenvalue weighted by molar-refractivity contribution is 9.11. The lowest BCUT2D eigenvalue weighted by Crippen LogP contribution is -1.99. The number of nitrogens with zero attached hydrogens (tertiary/aromatic N) is 2. The number of rotatable bonds is 5. The largest absolute Gasteiger partial charge is 0.487 e. The first-order chi connectivity index (χ1) is 14.9. The Hall–Kier alpha value is -2.30. The number of halogens is 4. The van der Waals surface area contributed by atoms with Crippen LogP contribution in [-0.2, 0) is 6.61 Å². The van der Waals surface area contributed by atoms with Crippen LogP contribution >= 0.6 is 55.1 Å². The monoisotopic (exact) mass is 575 g/mol. The van der Waals surface area contributed by atoms with Gasteiger partial charge in [-0.15, -0.1) is 0 Å². The summed E-state index contributed by atoms with van der Waals surface area (Å²) in [6.45, 7) is 0.240. The maximum absolute atomic E-state index is 9.79. The summed E-state index contributed by atoms with van der Waals surface area (Å²) in [6.07, 6.45) is 1.74. The van der Waals surface area contributed by atoms with Crippen LogP contribution in [-0.4, -0.2) is 9.97 Å². The van der Waals surface area contributed by atoms with E-state index in [0.29, 0.717) is 32.8 Å². The second kappa shape index (κ2) is 9.46. The van der Waals surface area contributed by atoms with Crippen molar-refractivity contribution in [2.75, 3.05) is 0 Å². The molecule has 0 aliphatic rings. The van der Waals surface area contributed by atoms with Crippen molar-refractivity contribution >= 4 is 77.7 Å². The fourth-order valence-electron chi connectivity index (χ4n) is 3.02. The van der Waals surface area contributed by atoms with Crippen LogP contribution in [0.1, 0.15) is 17.0 Å². The molecule has 1 heterocycles. The van der Waals surface area contributed by atoms with Crippen LogP contribution in [0.5, 0.6) is 5.75 Å². The van der Waals surface area contributed by atoms with Gasteiger partial charge in [-0.1, -0.05) is 57.3 Å². The molecule has 0 spiro atoms. The Kier molecular flexibility index (Phi) is 6.68. The third-order valence-corrected chi connectivity index (χ3v) is 6.12. The van der Waals surface area contributed by atoms with Gasteiger partial charge in [0, 0.05) is 25.6 Å². The van der Waals surface area contributed by atoms with Crippen LogP contribution in [0.2, 0.25) is 10.0 Å². The van der Waals surface area contributed by atoms with Gasteiger partial charge in [0.15, 0.2) is 0 Å². The zero-order chi connectivity index (χ0) is 22.0. The van der Waals surface area contributed by atoms with E-state index in [2.05, 4.69) is 47.9 Å². The highest BCUT2D eigenvalue weighted by Gasteiger charge is 2.14. The van der Waals surface area contributed by atoms with Crippen LogP contribution < -0.4 is 4.74 Å². The van der Waals surface area contributed by atoms with Gasteiger partial charge in [0.1, 0.15) is 24.3 Å². The molecule has 0 unspecified atom stereocenters. The Morgan fingerprint density at radius 3 is 2.68 bits per heavy atom. The SMILES string of the molecule is N#C/C(=C/c1cc(Br)cc(Br)c1OCc1ccc(Cl)cc1Cl)c1nc2ccccc2[nH]1. The number of H-pyrrole nitrogens is 1. The van der Waals surface area contributed by atoms with Crippen molar-refractivity contribution in [2.45, 2.75) is 6.61 Å². The lowest BCUT2D eigenvalue weighted by molar-refractivity contribution is 0.303. The maximum atomic E-state index is 9.79. The third-order valence-electron chi connectivity index (χ3n) is 4.49. The summed E-state index contributed by atoms with van der Waals surface area (Å²) in [7, 11) is 0. The molecule has 0 saturated carbocycles. The summed E-state index contributed by atoms with van der Waals surface area (Å²) in [6, 6.07) is 18.9. The number of nitrogens with one attached hydrogen (secondary N) is 1. The minimum absolute atomic E-state index is 0.240. The molecule has 0 fully saturated rings. The van der Waals surface area contributed by atoms with E-state index >= 15 is 0 Å². The first kappa shape index (κ1) is 21.9. The highest BCUT2D eigenvalue weighted by atomic mass is 79.9. The Bertz CT molecular complexity index is 1330. The molecule has 1 aromatic heterocycles. The van der Waals surface area contributed by atoms with E-state index in [1.807, 2.05) is 42.5 Å². The predicted molar refractivity (Wildman–Crippen MR) is 132 cm³/mol. The molecular formula is C23H13Br2Cl2N3O. The van der Waals surface area contributed by atoms with Crippen LogP contribution in [0.3, 0.4) is 0 Å². The molecule has 0 amide bonds. The number of aromatic amines is 1. The average Bonchev–Trinajstić information content (AvgIpc) is 3.16. The summed E-state index contributed by atoms with van der Waals surface area (Å²) >= 11 is 19.3. The second-order valence-corrected chi connectivity index (χ2v) is 9.22. The molecule has 154 valence electrons. The zero-order valence-electron chi connectivity index (χ0n) is 15.8. The highest BCUT2D eigenvalue weighted by Crippen LogP contribution is 2.36. The first-order valence-electron chi connectivity index (χ1n) is 9.07. The predicted octanol–water partition coefficient (Wildman–Crippen LogP) is 8.04. The number of benzene rings is 3. The minimum atomic E-state index is 0.240. The number of imidazole rings is 1. The smallest absolute Gasteiger partial charge is 0.149 e. The summed E-state index contributed by atoms with van der Waals surface area (Å²) in [5.41, 5.74) is 3.55. The van der Waals surface area contributed by atoms with Gasteiger partial charge in [-0.25, -0.2) is 4.98 Å². The van der Waals surface area contributed by atoms with Crippen molar-refractivity contribution in [1.82, 2.24) is 9.97 Å². The maximum Gasteiger partial charge on any atom is 0.149 e. The van der Waals surface area contributed by atoms with E-state index < -0.39 is 0 Å². The fraction of sp³-hybridized carbons (Fsp3) is 0.0435. The Morgan fingerprint density at radius 2 is 1.94 bits per heavy atom. The molecule has 8 heteroatoms. The number of para-hydroxylation sites is 2. The molecule has 4 aromatic rings. The fourth-order valence-corrected chi connectivity index (χ4v) is 4.85. The molecule has 0 aliphatic heterocycles. The van der Waals surface area contributed by atoms with E-state index in [1.54, 1.807) is 18.2 Å². The van der Waals surface area contributed by atoms with Crippen LogP contribution in [0.25, 0.3) is 22.7 Å². The van der Waals surface area contributed by atoms with Gasteiger partial charge in [0.25, 0.3) is 0 Å². The van der Waals surface area contributed by atoms with E-state index in [9.17, 15) is 5.26 Å². The molecule has 1 N–H and O–H groups in total. The van der Waals surface area contributed by atoms with E-state index in [4.69, 9.17) is 27.9 Å². The normalized spacial score (nSPS) is 11.5. The van der Waals surface area contributed by atoms with Crippen molar-refractivity contribution < 1.29 is 4.74 Å². The van der Waals surface area contributed by atoms with Crippen LogP contribution in [0.15, 0.2) is 63.5 Å². The molecular weight excluding hydrogens is 565 g/mol. The third kappa shape index (κ3) is 4.97. The molecule has 0 atom stereocenters. The van der Waals surface area contributed by atoms with Gasteiger partial charge in [0.2, 0.25) is 0 Å². The number of hydrogen-bond acceptors (Lipinski definition) is 3. The Balaban J connectivity index is 1.72. The molecule has 4 rings (SSSR count). The van der Waals surface area contributed by atoms with E-state index in [-0.39, 0.29) is 6.61 Å². The van der Waals surface area contributed by atoms with Crippen molar-refractivity contribution in [3.05, 3.63) is 90.5 Å². The van der Waals surface area contributed by atoms with Gasteiger partial charge in [-0.05, 0) is 58.4 Å². The minimum Gasteiger partial charge on any atom is -0.487 e. The Morgan fingerprint density at radius 1 is 1.13 bits per heavy atom. The van der Waals surface area contributed by atoms with E-state index in [0.717, 1.165) is 25.5 Å². The summed E-state index contributed by atoms with van der Waals surface area (Å²) < 4.78 is 7.66. The molecule has 0 bridgehead atoms. The van der Waals surface area contributed by atoms with Gasteiger partial charge in [-0.2, -0.15) is 5.26 Å². The van der Waals surface area contributed by atoms with Gasteiger partial charge >= 0.3 is 0 Å². The molecule has 0 saturated heterocycles. The number of allylic oxidation sites excluding steroid dienone is 1. The number of ether oxygens (including phenoxy) is 1. The molecule has 31 heavy (non-hydrogen) atoms. The van der Waals surface area contributed by atoms with Gasteiger partial charge in [0.05, 0.1) is 21.1 Å². The van der Waals surface area contributed by atoms with Crippen LogP contribution in [0, 0.1) is 11.3 Å². The first-order valence-corrected chi connectivity index (χ1v) is 11.4. The summed E-state index contributed by atoms with van der Waals surface area (Å²) in [5.74, 6) is 1.07. The molecule has 3 aromatic carbocycles. The quantitative estimate of drug-likeness (QED) is 0.244. The molecule has 0 aliphatic carbocycles. The number of nitriles is 1. The topological polar surface area (TPSA) is 61.7 Å².